The molecule has 0 atom stereocenters. The number of nitrogens with two attached hydrogens (primary N) is 1. The second-order valence-corrected chi connectivity index (χ2v) is 1.15. The molecule has 8 heavy (non-hydrogen) atoms. The Balaban J connectivity index is 3.39. The Morgan fingerprint density at radius 3 is 2.75 bits per heavy atom. The maximum Gasteiger partial charge on any atom is 0.165 e. The summed E-state index contributed by atoms with van der Waals surface area (Å²) in [5.74, 6) is 0. The van der Waals surface area contributed by atoms with Crippen LogP contribution >= 0.6 is 0 Å². The average molecular weight is 112 g/mol. The highest BCUT2D eigenvalue weighted by Crippen LogP contribution is 1.71. The maximum atomic E-state index is 9.77. The van der Waals surface area contributed by atoms with Crippen LogP contribution in [0.4, 0.5) is 0 Å². The average Bonchev–Trinajstić information content (AvgIpc) is 1.83. The lowest BCUT2D eigenvalue weighted by Crippen LogP contribution is -2.04. The first kappa shape index (κ1) is 6.75. The molecule has 0 radical (unpaired) electrons. The molecule has 0 aromatic heterocycles. The number of carbonyl (C=O) groups is 1. The zero-order valence-electron chi connectivity index (χ0n) is 4.42. The monoisotopic (exact) mass is 112 g/mol. The van der Waals surface area contributed by atoms with Crippen LogP contribution in [0, 0.1) is 0 Å². The van der Waals surface area contributed by atoms with Gasteiger partial charge in [-0.05, 0) is 0 Å². The highest BCUT2D eigenvalue weighted by atomic mass is 16.1. The summed E-state index contributed by atoms with van der Waals surface area (Å²) in [6.07, 6.45) is 3.32. The molecule has 0 aromatic carbocycles. The van der Waals surface area contributed by atoms with Gasteiger partial charge in [-0.25, -0.2) is 0 Å². The Labute approximate surface area is 47.9 Å². The van der Waals surface area contributed by atoms with Gasteiger partial charge < -0.3 is 11.1 Å². The SMILES string of the molecule is C=C(C=O)N/C=C\N. The van der Waals surface area contributed by atoms with E-state index < -0.39 is 0 Å². The van der Waals surface area contributed by atoms with Gasteiger partial charge in [-0.15, -0.1) is 0 Å². The summed E-state index contributed by atoms with van der Waals surface area (Å²) >= 11 is 0. The highest BCUT2D eigenvalue weighted by molar-refractivity contribution is 5.71. The Bertz CT molecular complexity index is 118. The van der Waals surface area contributed by atoms with Gasteiger partial charge in [0.15, 0.2) is 6.29 Å². The number of rotatable bonds is 3. The Morgan fingerprint density at radius 1 is 1.75 bits per heavy atom. The fraction of sp³-hybridized carbons (Fsp3) is 0. The van der Waals surface area contributed by atoms with Crippen LogP contribution in [-0.4, -0.2) is 6.29 Å². The van der Waals surface area contributed by atoms with Crippen LogP contribution in [0.1, 0.15) is 0 Å². The van der Waals surface area contributed by atoms with Gasteiger partial charge in [0.05, 0.1) is 5.70 Å². The summed E-state index contributed by atoms with van der Waals surface area (Å²) in [6.45, 7) is 3.32. The second kappa shape index (κ2) is 3.92. The minimum atomic E-state index is 0.298. The van der Waals surface area contributed by atoms with E-state index in [0.717, 1.165) is 0 Å². The highest BCUT2D eigenvalue weighted by Gasteiger charge is 1.78. The van der Waals surface area contributed by atoms with Crippen molar-refractivity contribution in [2.24, 2.45) is 5.73 Å². The van der Waals surface area contributed by atoms with Crippen molar-refractivity contribution in [3.05, 3.63) is 24.7 Å². The van der Waals surface area contributed by atoms with E-state index in [4.69, 9.17) is 5.73 Å². The van der Waals surface area contributed by atoms with Crippen LogP contribution in [0.3, 0.4) is 0 Å². The molecule has 0 unspecified atom stereocenters. The minimum absolute atomic E-state index is 0.298. The topological polar surface area (TPSA) is 55.1 Å². The molecule has 0 saturated carbocycles. The molecular formula is C5H8N2O. The predicted octanol–water partition coefficient (Wildman–Crippen LogP) is -0.281. The number of nitrogens with one attached hydrogen (secondary N) is 1. The van der Waals surface area contributed by atoms with Crippen LogP contribution in [0.25, 0.3) is 0 Å². The molecule has 3 N–H and O–H groups in total. The van der Waals surface area contributed by atoms with Crippen molar-refractivity contribution in [1.29, 1.82) is 0 Å². The normalized spacial score (nSPS) is 9.00. The molecule has 0 aliphatic carbocycles. The summed E-state index contributed by atoms with van der Waals surface area (Å²) in [4.78, 5) is 9.77. The molecule has 0 heterocycles. The summed E-state index contributed by atoms with van der Waals surface area (Å²) in [5, 5.41) is 2.51. The fourth-order valence-corrected chi connectivity index (χ4v) is 0.189. The third kappa shape index (κ3) is 2.96. The van der Waals surface area contributed by atoms with Crippen LogP contribution in [0.2, 0.25) is 0 Å². The van der Waals surface area contributed by atoms with Crippen molar-refractivity contribution in [1.82, 2.24) is 5.32 Å². The van der Waals surface area contributed by atoms with Gasteiger partial charge in [0, 0.05) is 12.4 Å². The summed E-state index contributed by atoms with van der Waals surface area (Å²) in [5.41, 5.74) is 5.23. The Morgan fingerprint density at radius 2 is 2.38 bits per heavy atom. The summed E-state index contributed by atoms with van der Waals surface area (Å²) in [7, 11) is 0. The molecule has 0 fully saturated rings. The van der Waals surface area contributed by atoms with Crippen LogP contribution in [0.15, 0.2) is 24.7 Å². The number of hydrogen-bond donors (Lipinski definition) is 2. The van der Waals surface area contributed by atoms with E-state index in [9.17, 15) is 4.79 Å². The molecule has 0 saturated heterocycles. The third-order valence-electron chi connectivity index (χ3n) is 0.507. The van der Waals surface area contributed by atoms with Gasteiger partial charge in [-0.1, -0.05) is 6.58 Å². The zero-order chi connectivity index (χ0) is 6.41. The fourth-order valence-electron chi connectivity index (χ4n) is 0.189. The molecule has 44 valence electrons. The molecule has 0 aromatic rings. The van der Waals surface area contributed by atoms with Gasteiger partial charge in [-0.2, -0.15) is 0 Å². The lowest BCUT2D eigenvalue weighted by Gasteiger charge is -1.90. The van der Waals surface area contributed by atoms with Gasteiger partial charge in [0.1, 0.15) is 0 Å². The Kier molecular flexibility index (Phi) is 3.31. The summed E-state index contributed by atoms with van der Waals surface area (Å²) < 4.78 is 0. The van der Waals surface area contributed by atoms with E-state index >= 15 is 0 Å². The molecule has 0 aliphatic heterocycles. The molecule has 0 amide bonds. The van der Waals surface area contributed by atoms with Crippen molar-refractivity contribution < 1.29 is 4.79 Å². The van der Waals surface area contributed by atoms with Gasteiger partial charge in [-0.3, -0.25) is 4.79 Å². The smallest absolute Gasteiger partial charge is 0.165 e. The first-order chi connectivity index (χ1) is 3.81. The quantitative estimate of drug-likeness (QED) is 0.390. The number of hydrogen-bond acceptors (Lipinski definition) is 3. The Hall–Kier alpha value is -1.25. The molecule has 0 spiro atoms. The number of allylic oxidation sites excluding steroid dienone is 1. The molecule has 0 bridgehead atoms. The molecule has 0 aliphatic rings. The number of carbonyl (C=O) groups excluding carboxylic acids is 1. The van der Waals surface area contributed by atoms with Gasteiger partial charge in [0.25, 0.3) is 0 Å². The van der Waals surface area contributed by atoms with Gasteiger partial charge >= 0.3 is 0 Å². The van der Waals surface area contributed by atoms with Crippen molar-refractivity contribution in [2.75, 3.05) is 0 Å². The predicted molar refractivity (Wildman–Crippen MR) is 31.7 cm³/mol. The minimum Gasteiger partial charge on any atom is -0.403 e. The van der Waals surface area contributed by atoms with E-state index in [1.807, 2.05) is 0 Å². The van der Waals surface area contributed by atoms with E-state index in [-0.39, 0.29) is 0 Å². The van der Waals surface area contributed by atoms with E-state index in [1.165, 1.54) is 12.4 Å². The van der Waals surface area contributed by atoms with E-state index in [0.29, 0.717) is 12.0 Å². The lowest BCUT2D eigenvalue weighted by atomic mass is 10.5. The molecular weight excluding hydrogens is 104 g/mol. The van der Waals surface area contributed by atoms with E-state index in [1.54, 1.807) is 0 Å². The third-order valence-corrected chi connectivity index (χ3v) is 0.507. The maximum absolute atomic E-state index is 9.77. The van der Waals surface area contributed by atoms with Crippen molar-refractivity contribution in [2.45, 2.75) is 0 Å². The van der Waals surface area contributed by atoms with Crippen LogP contribution in [-0.2, 0) is 4.79 Å². The molecule has 0 rings (SSSR count). The van der Waals surface area contributed by atoms with E-state index in [2.05, 4.69) is 11.9 Å². The first-order valence-corrected chi connectivity index (χ1v) is 2.08. The number of aldehydes is 1. The van der Waals surface area contributed by atoms with Gasteiger partial charge in [0.2, 0.25) is 0 Å². The lowest BCUT2D eigenvalue weighted by molar-refractivity contribution is -0.105. The van der Waals surface area contributed by atoms with Crippen molar-refractivity contribution in [3.63, 3.8) is 0 Å². The van der Waals surface area contributed by atoms with Crippen LogP contribution in [0.5, 0.6) is 0 Å². The second-order valence-electron chi connectivity index (χ2n) is 1.15. The first-order valence-electron chi connectivity index (χ1n) is 2.08. The molecule has 3 heteroatoms. The standard InChI is InChI=1S/C5H8N2O/c1-5(4-8)7-3-2-6/h2-4,7H,1,6H2/b3-2-. The largest absolute Gasteiger partial charge is 0.403 e. The molecule has 3 nitrogen and oxygen atoms in total. The van der Waals surface area contributed by atoms with Crippen LogP contribution < -0.4 is 11.1 Å². The summed E-state index contributed by atoms with van der Waals surface area (Å²) in [6, 6.07) is 0. The van der Waals surface area contributed by atoms with Crippen molar-refractivity contribution >= 4 is 6.29 Å². The van der Waals surface area contributed by atoms with Crippen molar-refractivity contribution in [3.8, 4) is 0 Å². The zero-order valence-corrected chi connectivity index (χ0v) is 4.42.